The van der Waals surface area contributed by atoms with Crippen LogP contribution in [0.1, 0.15) is 27.7 Å². The molecule has 0 radical (unpaired) electrons. The molecule has 0 saturated carbocycles. The Morgan fingerprint density at radius 1 is 1.24 bits per heavy atom. The lowest BCUT2D eigenvalue weighted by molar-refractivity contribution is -0.144. The van der Waals surface area contributed by atoms with Crippen molar-refractivity contribution in [2.24, 2.45) is 0 Å². The second-order valence-electron chi connectivity index (χ2n) is 7.33. The second-order valence-corrected chi connectivity index (χ2v) is 7.33. The molecule has 0 aromatic rings. The maximum atomic E-state index is 11.7. The zero-order chi connectivity index (χ0) is 18.8. The molecule has 1 N–H and O–H groups in total. The largest absolute Gasteiger partial charge is 0.486 e. The molecule has 0 unspecified atom stereocenters. The van der Waals surface area contributed by atoms with Gasteiger partial charge in [0.2, 0.25) is 0 Å². The van der Waals surface area contributed by atoms with Gasteiger partial charge in [0.25, 0.3) is 0 Å². The number of nitrogens with zero attached hydrogens (tertiary/aromatic N) is 2. The lowest BCUT2D eigenvalue weighted by Crippen LogP contribution is -2.58. The van der Waals surface area contributed by atoms with E-state index in [-0.39, 0.29) is 17.7 Å². The molecular formula is C16H27BN2O6. The Balaban J connectivity index is 1.90. The number of piperazine rings is 1. The van der Waals surface area contributed by atoms with Gasteiger partial charge in [-0.25, -0.2) is 9.59 Å². The molecule has 1 amide bonds. The predicted octanol–water partition coefficient (Wildman–Crippen LogP) is 1.01. The summed E-state index contributed by atoms with van der Waals surface area (Å²) in [6.45, 7) is 9.66. The minimum absolute atomic E-state index is 0.248. The summed E-state index contributed by atoms with van der Waals surface area (Å²) in [7, 11) is 0.831. The lowest BCUT2D eigenvalue weighted by atomic mass is 9.90. The first-order chi connectivity index (χ1) is 11.6. The van der Waals surface area contributed by atoms with Crippen LogP contribution in [-0.2, 0) is 18.8 Å². The number of hydrogen-bond donors (Lipinski definition) is 1. The van der Waals surface area contributed by atoms with Crippen LogP contribution in [0.3, 0.4) is 0 Å². The van der Waals surface area contributed by atoms with Crippen LogP contribution in [0, 0.1) is 0 Å². The highest BCUT2D eigenvalue weighted by molar-refractivity contribution is 6.51. The van der Waals surface area contributed by atoms with Gasteiger partial charge in [0.1, 0.15) is 6.04 Å². The third-order valence-corrected chi connectivity index (χ3v) is 5.09. The summed E-state index contributed by atoms with van der Waals surface area (Å²) < 4.78 is 16.4. The Bertz CT molecular complexity index is 535. The fourth-order valence-electron chi connectivity index (χ4n) is 2.84. The number of amides is 1. The van der Waals surface area contributed by atoms with E-state index in [1.54, 1.807) is 0 Å². The van der Waals surface area contributed by atoms with Crippen molar-refractivity contribution < 1.29 is 28.7 Å². The third-order valence-electron chi connectivity index (χ3n) is 5.09. The summed E-state index contributed by atoms with van der Waals surface area (Å²) in [5.41, 5.74) is -0.773. The summed E-state index contributed by atoms with van der Waals surface area (Å²) in [6.07, 6.45) is 1.30. The number of carbonyl (C=O) groups is 2. The number of ether oxygens (including phenoxy) is 1. The molecule has 0 spiro atoms. The SMILES string of the molecule is COC(=O)N1CCN(C/C=C/B2OC(C)(C)C(C)(C)O2)C[C@@H]1C(=O)O. The maximum absolute atomic E-state index is 11.7. The molecule has 2 rings (SSSR count). The van der Waals surface area contributed by atoms with Gasteiger partial charge in [-0.05, 0) is 27.7 Å². The normalized spacial score (nSPS) is 26.2. The van der Waals surface area contributed by atoms with E-state index in [0.717, 1.165) is 0 Å². The van der Waals surface area contributed by atoms with Gasteiger partial charge in [-0.2, -0.15) is 0 Å². The number of methoxy groups -OCH3 is 1. The summed E-state index contributed by atoms with van der Waals surface area (Å²) in [5, 5.41) is 9.35. The van der Waals surface area contributed by atoms with E-state index in [4.69, 9.17) is 9.31 Å². The van der Waals surface area contributed by atoms with E-state index in [2.05, 4.69) is 4.74 Å². The monoisotopic (exact) mass is 354 g/mol. The van der Waals surface area contributed by atoms with Crippen molar-refractivity contribution in [3.8, 4) is 0 Å². The summed E-state index contributed by atoms with van der Waals surface area (Å²) in [6, 6.07) is -0.911. The number of carbonyl (C=O) groups excluding carboxylic acids is 1. The quantitative estimate of drug-likeness (QED) is 0.754. The highest BCUT2D eigenvalue weighted by Gasteiger charge is 2.50. The van der Waals surface area contributed by atoms with Gasteiger partial charge in [0.15, 0.2) is 0 Å². The van der Waals surface area contributed by atoms with Gasteiger partial charge in [0.05, 0.1) is 18.3 Å². The number of hydrogen-bond acceptors (Lipinski definition) is 6. The van der Waals surface area contributed by atoms with Crippen molar-refractivity contribution in [1.82, 2.24) is 9.80 Å². The van der Waals surface area contributed by atoms with Crippen molar-refractivity contribution in [2.45, 2.75) is 44.9 Å². The Morgan fingerprint density at radius 2 is 1.84 bits per heavy atom. The molecule has 2 heterocycles. The van der Waals surface area contributed by atoms with Crippen molar-refractivity contribution in [2.75, 3.05) is 33.3 Å². The van der Waals surface area contributed by atoms with Crippen LogP contribution < -0.4 is 0 Å². The first-order valence-corrected chi connectivity index (χ1v) is 8.39. The minimum atomic E-state index is -1.04. The molecule has 0 aromatic heterocycles. The summed E-state index contributed by atoms with van der Waals surface area (Å²) >= 11 is 0. The molecule has 140 valence electrons. The molecule has 2 fully saturated rings. The van der Waals surface area contributed by atoms with Gasteiger partial charge in [-0.1, -0.05) is 12.1 Å². The van der Waals surface area contributed by atoms with E-state index in [1.807, 2.05) is 44.6 Å². The lowest BCUT2D eigenvalue weighted by Gasteiger charge is -2.37. The Kier molecular flexibility index (Phi) is 5.80. The molecule has 0 aliphatic carbocycles. The average Bonchev–Trinajstić information content (AvgIpc) is 2.73. The summed E-state index contributed by atoms with van der Waals surface area (Å²) in [4.78, 5) is 26.3. The van der Waals surface area contributed by atoms with Crippen molar-refractivity contribution in [1.29, 1.82) is 0 Å². The molecular weight excluding hydrogens is 327 g/mol. The number of rotatable bonds is 4. The highest BCUT2D eigenvalue weighted by Crippen LogP contribution is 2.36. The molecule has 2 saturated heterocycles. The van der Waals surface area contributed by atoms with Gasteiger partial charge in [0, 0.05) is 26.2 Å². The molecule has 25 heavy (non-hydrogen) atoms. The average molecular weight is 354 g/mol. The van der Waals surface area contributed by atoms with Crippen molar-refractivity contribution in [3.05, 3.63) is 12.1 Å². The summed E-state index contributed by atoms with van der Waals surface area (Å²) in [5.74, 6) is 0.809. The van der Waals surface area contributed by atoms with Crippen LogP contribution in [0.5, 0.6) is 0 Å². The Labute approximate surface area is 148 Å². The van der Waals surface area contributed by atoms with E-state index in [9.17, 15) is 14.7 Å². The smallest absolute Gasteiger partial charge is 0.480 e. The maximum Gasteiger partial charge on any atom is 0.486 e. The number of carboxylic acids is 1. The molecule has 0 bridgehead atoms. The van der Waals surface area contributed by atoms with Crippen LogP contribution in [0.25, 0.3) is 0 Å². The van der Waals surface area contributed by atoms with Crippen LogP contribution in [-0.4, -0.2) is 84.6 Å². The third kappa shape index (κ3) is 4.34. The number of carboxylic acid groups (broad SMARTS) is 1. The van der Waals surface area contributed by atoms with E-state index in [0.29, 0.717) is 19.6 Å². The molecule has 0 aromatic carbocycles. The zero-order valence-electron chi connectivity index (χ0n) is 15.5. The van der Waals surface area contributed by atoms with E-state index in [1.165, 1.54) is 12.0 Å². The van der Waals surface area contributed by atoms with Gasteiger partial charge < -0.3 is 19.2 Å². The molecule has 2 aliphatic heterocycles. The highest BCUT2D eigenvalue weighted by atomic mass is 16.7. The topological polar surface area (TPSA) is 88.5 Å². The predicted molar refractivity (Wildman–Crippen MR) is 92.2 cm³/mol. The van der Waals surface area contributed by atoms with Crippen LogP contribution >= 0.6 is 0 Å². The van der Waals surface area contributed by atoms with Gasteiger partial charge >= 0.3 is 19.2 Å². The molecule has 8 nitrogen and oxygen atoms in total. The van der Waals surface area contributed by atoms with E-state index < -0.39 is 25.2 Å². The van der Waals surface area contributed by atoms with Crippen LogP contribution in [0.2, 0.25) is 0 Å². The van der Waals surface area contributed by atoms with Crippen LogP contribution in [0.4, 0.5) is 4.79 Å². The first kappa shape index (κ1) is 19.7. The zero-order valence-corrected chi connectivity index (χ0v) is 15.5. The van der Waals surface area contributed by atoms with Crippen molar-refractivity contribution in [3.63, 3.8) is 0 Å². The Morgan fingerprint density at radius 3 is 2.36 bits per heavy atom. The number of aliphatic carboxylic acids is 1. The Hall–Kier alpha value is -1.58. The first-order valence-electron chi connectivity index (χ1n) is 8.39. The standard InChI is InChI=1S/C16H27BN2O6/c1-15(2)16(3,4)25-17(24-15)7-6-8-18-9-10-19(14(22)23-5)12(11-18)13(20)21/h6-7,12H,8-11H2,1-5H3,(H,20,21)/b7-6+/t12-/m1/s1. The molecule has 2 aliphatic rings. The van der Waals surface area contributed by atoms with E-state index >= 15 is 0 Å². The molecule has 9 heteroatoms. The fourth-order valence-corrected chi connectivity index (χ4v) is 2.84. The van der Waals surface area contributed by atoms with Gasteiger partial charge in [-0.15, -0.1) is 0 Å². The molecule has 1 atom stereocenters. The fraction of sp³-hybridized carbons (Fsp3) is 0.750. The van der Waals surface area contributed by atoms with Crippen LogP contribution in [0.15, 0.2) is 12.1 Å². The second kappa shape index (κ2) is 7.35. The van der Waals surface area contributed by atoms with Crippen molar-refractivity contribution >= 4 is 19.2 Å². The van der Waals surface area contributed by atoms with Gasteiger partial charge in [-0.3, -0.25) is 9.80 Å². The minimum Gasteiger partial charge on any atom is -0.480 e.